The quantitative estimate of drug-likeness (QED) is 0.420. The topological polar surface area (TPSA) is 60.4 Å². The monoisotopic (exact) mass is 406 g/mol. The first kappa shape index (κ1) is 21.9. The molecule has 4 aromatic heterocycles. The Morgan fingerprint density at radius 3 is 1.20 bits per heavy atom. The number of hydrogen-bond donors (Lipinski definition) is 0. The van der Waals surface area contributed by atoms with E-state index in [2.05, 4.69) is 84.1 Å². The summed E-state index contributed by atoms with van der Waals surface area (Å²) in [5, 5.41) is 0. The molecule has 0 aromatic carbocycles. The van der Waals surface area contributed by atoms with Crippen molar-refractivity contribution >= 4 is 11.3 Å². The van der Waals surface area contributed by atoms with Crippen LogP contribution in [0.4, 0.5) is 0 Å². The minimum Gasteiger partial charge on any atom is -0.301 e. The van der Waals surface area contributed by atoms with Crippen LogP contribution in [0.25, 0.3) is 11.3 Å². The first-order valence-corrected chi connectivity index (χ1v) is 10.9. The van der Waals surface area contributed by atoms with Crippen LogP contribution < -0.4 is 0 Å². The van der Waals surface area contributed by atoms with Crippen molar-refractivity contribution in [2.75, 3.05) is 0 Å². The Morgan fingerprint density at radius 2 is 0.900 bits per heavy atom. The highest BCUT2D eigenvalue weighted by molar-refractivity contribution is 5.47. The summed E-state index contributed by atoms with van der Waals surface area (Å²) in [6.45, 7) is 17.3. The maximum atomic E-state index is 4.52. The highest BCUT2D eigenvalue weighted by Gasteiger charge is 2.13. The van der Waals surface area contributed by atoms with E-state index in [0.717, 1.165) is 22.7 Å². The summed E-state index contributed by atoms with van der Waals surface area (Å²) in [5.74, 6) is 1.76. The third kappa shape index (κ3) is 4.23. The molecule has 0 fully saturated rings. The fourth-order valence-corrected chi connectivity index (χ4v) is 3.58. The standard InChI is InChI=1S/2C12H17N3/c2*1-8(2)10-7-14-11(9(3)4)12-13-5-6-15(10)12/h2*5-9H,1-4H3. The summed E-state index contributed by atoms with van der Waals surface area (Å²) in [6, 6.07) is 0. The molecule has 6 nitrogen and oxygen atoms in total. The number of nitrogens with zero attached hydrogens (tertiary/aromatic N) is 6. The van der Waals surface area contributed by atoms with Gasteiger partial charge in [-0.3, -0.25) is 9.97 Å². The Morgan fingerprint density at radius 1 is 0.533 bits per heavy atom. The van der Waals surface area contributed by atoms with Crippen molar-refractivity contribution in [3.05, 3.63) is 60.0 Å². The van der Waals surface area contributed by atoms with E-state index in [1.165, 1.54) is 11.4 Å². The fourth-order valence-electron chi connectivity index (χ4n) is 3.58. The van der Waals surface area contributed by atoms with Crippen LogP contribution in [0.1, 0.15) is 102 Å². The smallest absolute Gasteiger partial charge is 0.159 e. The van der Waals surface area contributed by atoms with Gasteiger partial charge in [0.05, 0.1) is 11.4 Å². The maximum Gasteiger partial charge on any atom is 0.159 e. The van der Waals surface area contributed by atoms with Gasteiger partial charge in [-0.2, -0.15) is 0 Å². The summed E-state index contributed by atoms with van der Waals surface area (Å²) in [6.07, 6.45) is 11.6. The summed E-state index contributed by atoms with van der Waals surface area (Å²) in [5.41, 5.74) is 6.57. The van der Waals surface area contributed by atoms with Crippen LogP contribution in [-0.4, -0.2) is 28.7 Å². The molecular formula is C24H34N6. The van der Waals surface area contributed by atoms with Crippen LogP contribution in [0.2, 0.25) is 0 Å². The van der Waals surface area contributed by atoms with E-state index in [0.29, 0.717) is 23.7 Å². The molecule has 160 valence electrons. The van der Waals surface area contributed by atoms with Crippen molar-refractivity contribution < 1.29 is 0 Å². The average Bonchev–Trinajstić information content (AvgIpc) is 3.35. The first-order chi connectivity index (χ1) is 14.2. The maximum absolute atomic E-state index is 4.52. The molecule has 0 atom stereocenters. The second-order valence-corrected chi connectivity index (χ2v) is 9.00. The van der Waals surface area contributed by atoms with Gasteiger partial charge in [0, 0.05) is 48.6 Å². The zero-order valence-electron chi connectivity index (χ0n) is 19.5. The lowest BCUT2D eigenvalue weighted by Crippen LogP contribution is -2.05. The summed E-state index contributed by atoms with van der Waals surface area (Å²) < 4.78 is 4.29. The first-order valence-electron chi connectivity index (χ1n) is 10.9. The molecule has 0 aliphatic heterocycles. The molecule has 6 heteroatoms. The van der Waals surface area contributed by atoms with Gasteiger partial charge in [0.25, 0.3) is 0 Å². The Hall–Kier alpha value is -2.76. The van der Waals surface area contributed by atoms with E-state index >= 15 is 0 Å². The molecule has 30 heavy (non-hydrogen) atoms. The van der Waals surface area contributed by atoms with Gasteiger partial charge in [-0.25, -0.2) is 9.97 Å². The Bertz CT molecular complexity index is 943. The van der Waals surface area contributed by atoms with Gasteiger partial charge in [-0.15, -0.1) is 0 Å². The van der Waals surface area contributed by atoms with Gasteiger partial charge in [-0.1, -0.05) is 55.4 Å². The number of hydrogen-bond acceptors (Lipinski definition) is 4. The van der Waals surface area contributed by atoms with Crippen molar-refractivity contribution in [3.63, 3.8) is 0 Å². The lowest BCUT2D eigenvalue weighted by molar-refractivity contribution is 0.759. The van der Waals surface area contributed by atoms with Crippen LogP contribution in [0.15, 0.2) is 37.2 Å². The molecule has 0 amide bonds. The van der Waals surface area contributed by atoms with Crippen molar-refractivity contribution in [1.82, 2.24) is 28.7 Å². The molecule has 4 rings (SSSR count). The van der Waals surface area contributed by atoms with E-state index in [9.17, 15) is 0 Å². The molecule has 4 heterocycles. The molecule has 0 aliphatic rings. The van der Waals surface area contributed by atoms with Crippen molar-refractivity contribution in [2.45, 2.75) is 79.1 Å². The van der Waals surface area contributed by atoms with Gasteiger partial charge in [0.2, 0.25) is 0 Å². The van der Waals surface area contributed by atoms with E-state index < -0.39 is 0 Å². The summed E-state index contributed by atoms with van der Waals surface area (Å²) in [7, 11) is 0. The van der Waals surface area contributed by atoms with Crippen LogP contribution in [0.3, 0.4) is 0 Å². The number of imidazole rings is 2. The largest absolute Gasteiger partial charge is 0.301 e. The predicted molar refractivity (Wildman–Crippen MR) is 122 cm³/mol. The third-order valence-electron chi connectivity index (χ3n) is 5.24. The van der Waals surface area contributed by atoms with Crippen LogP contribution in [-0.2, 0) is 0 Å². The second-order valence-electron chi connectivity index (χ2n) is 9.00. The van der Waals surface area contributed by atoms with E-state index in [4.69, 9.17) is 0 Å². The minimum absolute atomic E-state index is 0.413. The second kappa shape index (κ2) is 8.94. The Balaban J connectivity index is 0.000000171. The SMILES string of the molecule is CC(C)c1ncc(C(C)C)n2ccnc12.CC(C)c1ncc(C(C)C)n2ccnc12. The van der Waals surface area contributed by atoms with Crippen LogP contribution >= 0.6 is 0 Å². The third-order valence-corrected chi connectivity index (χ3v) is 5.24. The molecule has 0 saturated carbocycles. The summed E-state index contributed by atoms with van der Waals surface area (Å²) >= 11 is 0. The Kier molecular flexibility index (Phi) is 6.54. The van der Waals surface area contributed by atoms with Crippen molar-refractivity contribution in [2.24, 2.45) is 0 Å². The minimum atomic E-state index is 0.413. The lowest BCUT2D eigenvalue weighted by atomic mass is 10.1. The van der Waals surface area contributed by atoms with Crippen LogP contribution in [0, 0.1) is 0 Å². The zero-order chi connectivity index (χ0) is 22.0. The number of rotatable bonds is 4. The van der Waals surface area contributed by atoms with Crippen molar-refractivity contribution in [3.8, 4) is 0 Å². The summed E-state index contributed by atoms with van der Waals surface area (Å²) in [4.78, 5) is 17.8. The van der Waals surface area contributed by atoms with Gasteiger partial charge < -0.3 is 8.80 Å². The van der Waals surface area contributed by atoms with E-state index in [-0.39, 0.29) is 0 Å². The Labute approximate surface area is 179 Å². The molecule has 0 bridgehead atoms. The zero-order valence-corrected chi connectivity index (χ0v) is 19.5. The van der Waals surface area contributed by atoms with E-state index in [1.54, 1.807) is 0 Å². The number of fused-ring (bicyclic) bond motifs is 2. The molecule has 0 N–H and O–H groups in total. The molecule has 0 radical (unpaired) electrons. The van der Waals surface area contributed by atoms with Crippen LogP contribution in [0.5, 0.6) is 0 Å². The number of aromatic nitrogens is 6. The molecule has 0 spiro atoms. The highest BCUT2D eigenvalue weighted by atomic mass is 15.0. The molecule has 0 unspecified atom stereocenters. The molecular weight excluding hydrogens is 372 g/mol. The lowest BCUT2D eigenvalue weighted by Gasteiger charge is -2.12. The fraction of sp³-hybridized carbons (Fsp3) is 0.500. The van der Waals surface area contributed by atoms with Gasteiger partial charge in [0.15, 0.2) is 11.3 Å². The van der Waals surface area contributed by atoms with E-state index in [1.807, 2.05) is 37.2 Å². The van der Waals surface area contributed by atoms with Crippen molar-refractivity contribution in [1.29, 1.82) is 0 Å². The molecule has 0 aliphatic carbocycles. The highest BCUT2D eigenvalue weighted by Crippen LogP contribution is 2.22. The van der Waals surface area contributed by atoms with Gasteiger partial charge in [0.1, 0.15) is 0 Å². The predicted octanol–water partition coefficient (Wildman–Crippen LogP) is 5.95. The average molecular weight is 407 g/mol. The normalized spacial score (nSPS) is 11.9. The molecule has 4 aromatic rings. The van der Waals surface area contributed by atoms with Gasteiger partial charge >= 0.3 is 0 Å². The molecule has 0 saturated heterocycles. The van der Waals surface area contributed by atoms with Gasteiger partial charge in [-0.05, 0) is 23.7 Å².